The van der Waals surface area contributed by atoms with E-state index in [1.54, 1.807) is 67.8 Å². The molecule has 0 spiro atoms. The normalized spacial score (nSPS) is 14.1. The van der Waals surface area contributed by atoms with E-state index in [1.807, 2.05) is 0 Å². The van der Waals surface area contributed by atoms with Crippen LogP contribution in [-0.4, -0.2) is 137 Å². The number of ether oxygens (including phenoxy) is 1. The quantitative estimate of drug-likeness (QED) is 0.0901. The minimum atomic E-state index is -7.08. The molecule has 0 bridgehead atoms. The van der Waals surface area contributed by atoms with Crippen LogP contribution in [0.25, 0.3) is 0 Å². The van der Waals surface area contributed by atoms with Crippen LogP contribution in [0.2, 0.25) is 0 Å². The predicted octanol–water partition coefficient (Wildman–Crippen LogP) is 2.69. The van der Waals surface area contributed by atoms with Gasteiger partial charge in [-0.15, -0.1) is 0 Å². The van der Waals surface area contributed by atoms with Crippen LogP contribution in [0.5, 0.6) is 0 Å². The van der Waals surface area contributed by atoms with Gasteiger partial charge in [0.15, 0.2) is 0 Å². The molecule has 270 valence electrons. The number of amides is 3. The lowest BCUT2D eigenvalue weighted by Gasteiger charge is -2.33. The maximum Gasteiger partial charge on any atom is 0.460 e. The van der Waals surface area contributed by atoms with E-state index in [0.29, 0.717) is 0 Å². The van der Waals surface area contributed by atoms with Crippen molar-refractivity contribution in [1.82, 2.24) is 9.80 Å². The Hall–Kier alpha value is -1.01. The summed E-state index contributed by atoms with van der Waals surface area (Å²) >= 11 is 4.78. The van der Waals surface area contributed by atoms with Crippen molar-refractivity contribution in [2.75, 3.05) is 53.1 Å². The van der Waals surface area contributed by atoms with E-state index in [9.17, 15) is 69.2 Å². The SMILES string of the molecule is CN(CC(O)CO)C(=O)c1c(I)c(C(N)=O)c(I)c(C(=O)N(CCOCCC(F)(F)C(F)(F)C(F)(F)C(F)(F)F)CC(O)CO)c1I. The fourth-order valence-electron chi connectivity index (χ4n) is 3.69. The number of carbonyl (C=O) groups is 3. The number of aliphatic hydroxyl groups is 4. The minimum Gasteiger partial charge on any atom is -0.394 e. The molecule has 0 radical (unpaired) electrons. The molecule has 11 nitrogen and oxygen atoms in total. The topological polar surface area (TPSA) is 174 Å². The average molecular weight is 1040 g/mol. The van der Waals surface area contributed by atoms with Gasteiger partial charge in [0.1, 0.15) is 0 Å². The molecular weight excluding hydrogens is 1010 g/mol. The van der Waals surface area contributed by atoms with Crippen LogP contribution < -0.4 is 5.73 Å². The zero-order valence-electron chi connectivity index (χ0n) is 23.7. The third kappa shape index (κ3) is 10.0. The Morgan fingerprint density at radius 2 is 1.21 bits per heavy atom. The van der Waals surface area contributed by atoms with E-state index in [-0.39, 0.29) is 33.9 Å². The first-order valence-electron chi connectivity index (χ1n) is 12.7. The Balaban J connectivity index is 3.41. The van der Waals surface area contributed by atoms with E-state index in [4.69, 9.17) is 15.6 Å². The number of likely N-dealkylation sites (N-methyl/N-ethyl adjacent to an activating group) is 1. The van der Waals surface area contributed by atoms with Gasteiger partial charge < -0.3 is 40.7 Å². The number of benzene rings is 1. The van der Waals surface area contributed by atoms with Gasteiger partial charge in [0.25, 0.3) is 17.7 Å². The second kappa shape index (κ2) is 17.3. The van der Waals surface area contributed by atoms with E-state index < -0.39 is 99.8 Å². The number of halogens is 12. The zero-order chi connectivity index (χ0) is 36.9. The molecule has 1 aromatic carbocycles. The summed E-state index contributed by atoms with van der Waals surface area (Å²) in [6.45, 7) is -5.74. The second-order valence-electron chi connectivity index (χ2n) is 9.75. The summed E-state index contributed by atoms with van der Waals surface area (Å²) in [4.78, 5) is 41.2. The molecule has 0 aliphatic carbocycles. The van der Waals surface area contributed by atoms with Crippen LogP contribution in [0.3, 0.4) is 0 Å². The highest BCUT2D eigenvalue weighted by atomic mass is 127. The highest BCUT2D eigenvalue weighted by Crippen LogP contribution is 2.54. The largest absolute Gasteiger partial charge is 0.460 e. The molecule has 3 amide bonds. The van der Waals surface area contributed by atoms with Crippen molar-refractivity contribution in [3.63, 3.8) is 0 Å². The monoisotopic (exact) mass is 1040 g/mol. The number of rotatable bonds is 17. The van der Waals surface area contributed by atoms with E-state index >= 15 is 0 Å². The molecule has 0 saturated carbocycles. The van der Waals surface area contributed by atoms with Crippen molar-refractivity contribution in [1.29, 1.82) is 0 Å². The molecule has 1 rings (SSSR count). The predicted molar refractivity (Wildman–Crippen MR) is 168 cm³/mol. The minimum absolute atomic E-state index is 0.00473. The number of hydrogen-bond donors (Lipinski definition) is 5. The lowest BCUT2D eigenvalue weighted by Crippen LogP contribution is -2.61. The highest BCUT2D eigenvalue weighted by molar-refractivity contribution is 14.1. The van der Waals surface area contributed by atoms with Crippen LogP contribution in [0, 0.1) is 10.7 Å². The first kappa shape index (κ1) is 44.0. The van der Waals surface area contributed by atoms with Gasteiger partial charge >= 0.3 is 23.9 Å². The van der Waals surface area contributed by atoms with Gasteiger partial charge in [-0.1, -0.05) is 0 Å². The summed E-state index contributed by atoms with van der Waals surface area (Å²) in [5, 5.41) is 38.2. The number of carbonyl (C=O) groups excluding carboxylic acids is 3. The first-order valence-corrected chi connectivity index (χ1v) is 16.0. The van der Waals surface area contributed by atoms with Crippen molar-refractivity contribution in [3.8, 4) is 0 Å². The number of alkyl halides is 9. The number of primary amides is 1. The lowest BCUT2D eigenvalue weighted by atomic mass is 10.0. The van der Waals surface area contributed by atoms with E-state index in [1.165, 1.54) is 7.05 Å². The van der Waals surface area contributed by atoms with Crippen molar-refractivity contribution >= 4 is 85.5 Å². The van der Waals surface area contributed by atoms with Crippen LogP contribution in [0.4, 0.5) is 39.5 Å². The fraction of sp³-hybridized carbons (Fsp3) is 0.625. The molecule has 0 saturated heterocycles. The summed E-state index contributed by atoms with van der Waals surface area (Å²) < 4.78 is 122. The maximum absolute atomic E-state index is 13.8. The van der Waals surface area contributed by atoms with E-state index in [2.05, 4.69) is 0 Å². The Kier molecular flexibility index (Phi) is 16.2. The molecule has 0 heterocycles. The zero-order valence-corrected chi connectivity index (χ0v) is 30.2. The van der Waals surface area contributed by atoms with Crippen LogP contribution >= 0.6 is 67.8 Å². The standard InChI is InChI=1S/C24H27F9I3N3O8/c1-38(6-10(42)8-40)19(45)13-15(34)12(18(37)44)16(35)14(17(13)36)20(46)39(7-11(43)9-41)3-5-47-4-2-21(25,26)22(27,28)23(29,30)24(31,32)33/h10-11,40-43H,2-9H2,1H3,(H2,37,44). The molecule has 47 heavy (non-hydrogen) atoms. The molecular formula is C24H27F9I3N3O8. The average Bonchev–Trinajstić information content (AvgIpc) is 2.94. The Labute approximate surface area is 301 Å². The van der Waals surface area contributed by atoms with Crippen LogP contribution in [0.15, 0.2) is 0 Å². The molecule has 1 aromatic rings. The van der Waals surface area contributed by atoms with Crippen LogP contribution in [0.1, 0.15) is 37.5 Å². The van der Waals surface area contributed by atoms with Gasteiger partial charge in [-0.05, 0) is 67.8 Å². The third-order valence-electron chi connectivity index (χ3n) is 6.24. The summed E-state index contributed by atoms with van der Waals surface area (Å²) in [7, 11) is 1.24. The maximum atomic E-state index is 13.8. The third-order valence-corrected chi connectivity index (χ3v) is 9.47. The second-order valence-corrected chi connectivity index (χ2v) is 13.0. The number of aliphatic hydroxyl groups excluding tert-OH is 4. The van der Waals surface area contributed by atoms with Crippen molar-refractivity contribution in [2.45, 2.75) is 42.6 Å². The van der Waals surface area contributed by atoms with Crippen molar-refractivity contribution < 1.29 is 79.1 Å². The van der Waals surface area contributed by atoms with Gasteiger partial charge in [0.05, 0.1) is 55.3 Å². The van der Waals surface area contributed by atoms with Gasteiger partial charge in [-0.3, -0.25) is 14.4 Å². The molecule has 23 heteroatoms. The van der Waals surface area contributed by atoms with Crippen molar-refractivity contribution in [2.24, 2.45) is 5.73 Å². The summed E-state index contributed by atoms with van der Waals surface area (Å²) in [5.74, 6) is -22.8. The Bertz CT molecular complexity index is 1310. The molecule has 0 aliphatic heterocycles. The fourth-order valence-corrected chi connectivity index (χ4v) is 8.31. The molecule has 0 aromatic heterocycles. The number of hydrogen-bond acceptors (Lipinski definition) is 8. The number of nitrogens with zero attached hydrogens (tertiary/aromatic N) is 2. The lowest BCUT2D eigenvalue weighted by molar-refractivity contribution is -0.397. The highest BCUT2D eigenvalue weighted by Gasteiger charge is 2.81. The van der Waals surface area contributed by atoms with Gasteiger partial charge in [0, 0.05) is 43.8 Å². The Morgan fingerprint density at radius 3 is 1.66 bits per heavy atom. The Morgan fingerprint density at radius 1 is 0.766 bits per heavy atom. The molecule has 0 fully saturated rings. The molecule has 6 N–H and O–H groups in total. The summed E-state index contributed by atoms with van der Waals surface area (Å²) in [5.41, 5.74) is 4.60. The first-order chi connectivity index (χ1) is 21.3. The van der Waals surface area contributed by atoms with Gasteiger partial charge in [0.2, 0.25) is 0 Å². The summed E-state index contributed by atoms with van der Waals surface area (Å²) in [6.07, 6.45) is -12.3. The van der Waals surface area contributed by atoms with Gasteiger partial charge in [-0.25, -0.2) is 0 Å². The van der Waals surface area contributed by atoms with Gasteiger partial charge in [-0.2, -0.15) is 39.5 Å². The van der Waals surface area contributed by atoms with E-state index in [0.717, 1.165) is 9.80 Å². The molecule has 2 atom stereocenters. The summed E-state index contributed by atoms with van der Waals surface area (Å²) in [6, 6.07) is 0. The smallest absolute Gasteiger partial charge is 0.394 e. The number of nitrogens with two attached hydrogens (primary N) is 1. The molecule has 0 aliphatic rings. The molecule has 2 unspecified atom stereocenters. The van der Waals surface area contributed by atoms with Crippen molar-refractivity contribution in [3.05, 3.63) is 27.4 Å². The van der Waals surface area contributed by atoms with Crippen LogP contribution in [-0.2, 0) is 4.74 Å².